The van der Waals surface area contributed by atoms with Crippen molar-refractivity contribution < 1.29 is 19.4 Å². The van der Waals surface area contributed by atoms with Crippen LogP contribution in [0, 0.1) is 0 Å². The van der Waals surface area contributed by atoms with Gasteiger partial charge in [-0.1, -0.05) is 39.7 Å². The maximum absolute atomic E-state index is 12.4. The van der Waals surface area contributed by atoms with E-state index < -0.39 is 12.1 Å². The number of aromatic hydroxyl groups is 1. The number of fused-ring (bicyclic) bond motifs is 1. The molecule has 2 aromatic carbocycles. The first kappa shape index (κ1) is 20.7. The maximum atomic E-state index is 12.4. The lowest BCUT2D eigenvalue weighted by Crippen LogP contribution is -2.07. The molecule has 0 spiro atoms. The average Bonchev–Trinajstić information content (AvgIpc) is 3.32. The summed E-state index contributed by atoms with van der Waals surface area (Å²) in [5.74, 6) is -0.157. The summed E-state index contributed by atoms with van der Waals surface area (Å²) >= 11 is 10.9. The fourth-order valence-electron chi connectivity index (χ4n) is 3.07. The highest BCUT2D eigenvalue weighted by atomic mass is 79.9. The van der Waals surface area contributed by atoms with Crippen LogP contribution in [-0.2, 0) is 4.74 Å². The first-order chi connectivity index (χ1) is 14.4. The van der Waals surface area contributed by atoms with Crippen molar-refractivity contribution in [1.82, 2.24) is 9.55 Å². The molecule has 0 fully saturated rings. The molecule has 0 amide bonds. The van der Waals surface area contributed by atoms with Crippen molar-refractivity contribution in [1.29, 1.82) is 0 Å². The molecule has 9 heteroatoms. The predicted molar refractivity (Wildman–Crippen MR) is 120 cm³/mol. The van der Waals surface area contributed by atoms with Crippen molar-refractivity contribution in [3.63, 3.8) is 0 Å². The van der Waals surface area contributed by atoms with Gasteiger partial charge >= 0.3 is 5.97 Å². The fraction of sp³-hybridized carbons (Fsp3) is 0.143. The Morgan fingerprint density at radius 1 is 1.30 bits per heavy atom. The second kappa shape index (κ2) is 8.29. The Morgan fingerprint density at radius 2 is 2.10 bits per heavy atom. The Balaban J connectivity index is 1.75. The quantitative estimate of drug-likeness (QED) is 0.329. The van der Waals surface area contributed by atoms with Crippen LogP contribution >= 0.6 is 38.9 Å². The number of methoxy groups -OCH3 is 1. The molecule has 0 aliphatic heterocycles. The van der Waals surface area contributed by atoms with E-state index >= 15 is 0 Å². The van der Waals surface area contributed by atoms with Gasteiger partial charge in [0.2, 0.25) is 0 Å². The van der Waals surface area contributed by atoms with Gasteiger partial charge < -0.3 is 14.6 Å². The van der Waals surface area contributed by atoms with Gasteiger partial charge in [0.15, 0.2) is 4.88 Å². The first-order valence-corrected chi connectivity index (χ1v) is 10.9. The van der Waals surface area contributed by atoms with Crippen molar-refractivity contribution in [2.75, 3.05) is 7.11 Å². The minimum Gasteiger partial charge on any atom is -0.506 e. The summed E-state index contributed by atoms with van der Waals surface area (Å²) in [5.41, 5.74) is 2.32. The number of benzene rings is 2. The van der Waals surface area contributed by atoms with E-state index in [1.807, 2.05) is 22.8 Å². The zero-order valence-corrected chi connectivity index (χ0v) is 19.1. The second-order valence-corrected chi connectivity index (χ2v) is 8.78. The highest BCUT2D eigenvalue weighted by Gasteiger charge is 2.23. The zero-order chi connectivity index (χ0) is 21.4. The third-order valence-corrected chi connectivity index (χ3v) is 6.55. The van der Waals surface area contributed by atoms with Crippen LogP contribution in [0.1, 0.15) is 28.3 Å². The number of imidazole rings is 1. The number of thiophene rings is 1. The topological polar surface area (TPSA) is 73.6 Å². The van der Waals surface area contributed by atoms with E-state index in [4.69, 9.17) is 21.1 Å². The van der Waals surface area contributed by atoms with Gasteiger partial charge in [0.05, 0.1) is 23.2 Å². The molecule has 0 aliphatic carbocycles. The molecule has 2 aromatic heterocycles. The monoisotopic (exact) mass is 506 g/mol. The summed E-state index contributed by atoms with van der Waals surface area (Å²) in [5, 5.41) is 10.8. The number of esters is 1. The van der Waals surface area contributed by atoms with Crippen LogP contribution in [0.2, 0.25) is 5.02 Å². The summed E-state index contributed by atoms with van der Waals surface area (Å²) in [7, 11) is 1.32. The molecule has 1 unspecified atom stereocenters. The molecule has 154 valence electrons. The highest BCUT2D eigenvalue weighted by molar-refractivity contribution is 9.10. The Hall–Kier alpha value is -2.55. The molecule has 0 aliphatic rings. The van der Waals surface area contributed by atoms with Crippen LogP contribution in [0.4, 0.5) is 0 Å². The summed E-state index contributed by atoms with van der Waals surface area (Å²) in [6.45, 7) is 1.79. The number of rotatable bonds is 5. The molecule has 4 rings (SSSR count). The first-order valence-electron chi connectivity index (χ1n) is 8.88. The molecule has 6 nitrogen and oxygen atoms in total. The van der Waals surface area contributed by atoms with E-state index in [1.54, 1.807) is 31.5 Å². The highest BCUT2D eigenvalue weighted by Crippen LogP contribution is 2.39. The van der Waals surface area contributed by atoms with Crippen molar-refractivity contribution in [3.05, 3.63) is 68.7 Å². The second-order valence-electron chi connectivity index (χ2n) is 6.46. The van der Waals surface area contributed by atoms with E-state index in [9.17, 15) is 9.90 Å². The number of hydrogen-bond acceptors (Lipinski definition) is 6. The summed E-state index contributed by atoms with van der Waals surface area (Å²) in [6.07, 6.45) is 1.19. The van der Waals surface area contributed by atoms with Gasteiger partial charge in [-0.25, -0.2) is 9.78 Å². The van der Waals surface area contributed by atoms with Gasteiger partial charge in [-0.3, -0.25) is 4.57 Å². The predicted octanol–water partition coefficient (Wildman–Crippen LogP) is 6.14. The van der Waals surface area contributed by atoms with E-state index in [1.165, 1.54) is 24.5 Å². The zero-order valence-electron chi connectivity index (χ0n) is 15.9. The molecule has 4 aromatic rings. The van der Waals surface area contributed by atoms with Gasteiger partial charge in [0, 0.05) is 16.1 Å². The van der Waals surface area contributed by atoms with Crippen LogP contribution < -0.4 is 4.74 Å². The van der Waals surface area contributed by atoms with E-state index in [2.05, 4.69) is 20.9 Å². The normalized spacial score (nSPS) is 12.1. The van der Waals surface area contributed by atoms with Crippen LogP contribution in [0.3, 0.4) is 0 Å². The number of carbonyl (C=O) groups excluding carboxylic acids is 1. The molecule has 30 heavy (non-hydrogen) atoms. The van der Waals surface area contributed by atoms with Gasteiger partial charge in [-0.15, -0.1) is 11.3 Å². The van der Waals surface area contributed by atoms with Crippen molar-refractivity contribution in [2.24, 2.45) is 0 Å². The Bertz CT molecular complexity index is 1250. The smallest absolute Gasteiger partial charge is 0.351 e. The molecule has 1 N–H and O–H groups in total. The molecule has 0 saturated carbocycles. The summed E-state index contributed by atoms with van der Waals surface area (Å²) in [6, 6.07) is 12.5. The van der Waals surface area contributed by atoms with Gasteiger partial charge in [0.1, 0.15) is 28.9 Å². The van der Waals surface area contributed by atoms with Crippen LogP contribution in [-0.4, -0.2) is 27.7 Å². The lowest BCUT2D eigenvalue weighted by atomic mass is 10.1. The third kappa shape index (κ3) is 3.78. The SMILES string of the molecule is COC(=O)c1sc(-n2cnc3cc(Br)ccc32)cc1OC(C)c1cccc(O)c1Cl. The summed E-state index contributed by atoms with van der Waals surface area (Å²) in [4.78, 5) is 17.1. The molecule has 0 bridgehead atoms. The fourth-order valence-corrected chi connectivity index (χ4v) is 4.69. The minimum atomic E-state index is -0.508. The largest absolute Gasteiger partial charge is 0.506 e. The lowest BCUT2D eigenvalue weighted by Gasteiger charge is -2.16. The summed E-state index contributed by atoms with van der Waals surface area (Å²) < 4.78 is 13.8. The number of ether oxygens (including phenoxy) is 2. The number of nitrogens with zero attached hydrogens (tertiary/aromatic N) is 2. The third-order valence-electron chi connectivity index (χ3n) is 4.55. The van der Waals surface area contributed by atoms with Crippen molar-refractivity contribution in [2.45, 2.75) is 13.0 Å². The molecule has 1 atom stereocenters. The molecule has 0 saturated heterocycles. The minimum absolute atomic E-state index is 0.0279. The Morgan fingerprint density at radius 3 is 2.87 bits per heavy atom. The molecule has 0 radical (unpaired) electrons. The lowest BCUT2D eigenvalue weighted by molar-refractivity contribution is 0.0600. The Kier molecular flexibility index (Phi) is 5.73. The molecular weight excluding hydrogens is 492 g/mol. The van der Waals surface area contributed by atoms with Crippen LogP contribution in [0.5, 0.6) is 11.5 Å². The number of halogens is 2. The van der Waals surface area contributed by atoms with Crippen LogP contribution in [0.25, 0.3) is 16.0 Å². The van der Waals surface area contributed by atoms with Crippen molar-refractivity contribution >= 4 is 55.9 Å². The van der Waals surface area contributed by atoms with Crippen molar-refractivity contribution in [3.8, 4) is 16.5 Å². The van der Waals surface area contributed by atoms with Gasteiger partial charge in [0.25, 0.3) is 0 Å². The number of phenolic OH excluding ortho intramolecular Hbond substituents is 1. The standard InChI is InChI=1S/C21H16BrClN2O4S/c1-11(13-4-3-5-16(26)19(13)23)29-17-9-18(30-20(17)21(27)28-2)25-10-24-14-8-12(22)6-7-15(14)25/h3-11,26H,1-2H3. The molecule has 2 heterocycles. The van der Waals surface area contributed by atoms with E-state index in [0.717, 1.165) is 20.5 Å². The number of carbonyl (C=O) groups is 1. The van der Waals surface area contributed by atoms with E-state index in [-0.39, 0.29) is 10.8 Å². The van der Waals surface area contributed by atoms with Gasteiger partial charge in [-0.2, -0.15) is 0 Å². The molecular formula is C21H16BrClN2O4S. The van der Waals surface area contributed by atoms with Crippen LogP contribution in [0.15, 0.2) is 53.3 Å². The number of aromatic nitrogens is 2. The number of phenols is 1. The Labute approximate surface area is 189 Å². The van der Waals surface area contributed by atoms with E-state index in [0.29, 0.717) is 16.2 Å². The maximum Gasteiger partial charge on any atom is 0.351 e. The average molecular weight is 508 g/mol. The van der Waals surface area contributed by atoms with Gasteiger partial charge in [-0.05, 0) is 31.2 Å². The number of hydrogen-bond donors (Lipinski definition) is 1.